The van der Waals surface area contributed by atoms with Gasteiger partial charge in [0.15, 0.2) is 6.61 Å². The molecule has 0 aliphatic heterocycles. The van der Waals surface area contributed by atoms with Crippen molar-refractivity contribution < 1.29 is 19.1 Å². The first-order valence-corrected chi connectivity index (χ1v) is 10.1. The van der Waals surface area contributed by atoms with Gasteiger partial charge < -0.3 is 19.7 Å². The summed E-state index contributed by atoms with van der Waals surface area (Å²) in [6.07, 6.45) is 0.498. The molecule has 2 aromatic rings. The first-order chi connectivity index (χ1) is 14.3. The maximum atomic E-state index is 13.2. The molecule has 0 aliphatic rings. The Morgan fingerprint density at radius 2 is 1.87 bits per heavy atom. The molecule has 0 aromatic heterocycles. The van der Waals surface area contributed by atoms with Crippen LogP contribution in [-0.4, -0.2) is 43.5 Å². The van der Waals surface area contributed by atoms with Gasteiger partial charge in [-0.05, 0) is 67.6 Å². The largest absolute Gasteiger partial charge is 0.497 e. The molecule has 1 atom stereocenters. The molecule has 0 heterocycles. The maximum Gasteiger partial charge on any atom is 0.261 e. The van der Waals surface area contributed by atoms with Crippen molar-refractivity contribution in [1.82, 2.24) is 10.2 Å². The normalized spacial score (nSPS) is 11.5. The molecule has 0 bridgehead atoms. The molecule has 30 heavy (non-hydrogen) atoms. The molecule has 2 aromatic carbocycles. The summed E-state index contributed by atoms with van der Waals surface area (Å²) in [5.41, 5.74) is 4.08. The minimum absolute atomic E-state index is 0.138. The lowest BCUT2D eigenvalue weighted by Gasteiger charge is -2.30. The van der Waals surface area contributed by atoms with Crippen LogP contribution in [0.4, 0.5) is 0 Å². The Balaban J connectivity index is 2.26. The molecule has 6 heteroatoms. The number of nitrogens with zero attached hydrogens (tertiary/aromatic N) is 1. The zero-order valence-electron chi connectivity index (χ0n) is 18.7. The average molecular weight is 413 g/mol. The van der Waals surface area contributed by atoms with E-state index in [0.717, 1.165) is 22.3 Å². The number of carbonyl (C=O) groups is 2. The third-order valence-corrected chi connectivity index (χ3v) is 5.23. The molecule has 6 nitrogen and oxygen atoms in total. The standard InChI is InChI=1S/C24H32N2O4/c1-7-21(24(28)25-5)26(14-19-9-8-10-20(13-19)29-6)23(27)15-30-22-12-16(2)11-17(3)18(22)4/h8-13,21H,7,14-15H2,1-6H3,(H,25,28). The van der Waals surface area contributed by atoms with Crippen LogP contribution >= 0.6 is 0 Å². The third kappa shape index (κ3) is 5.75. The van der Waals surface area contributed by atoms with E-state index in [1.165, 1.54) is 0 Å². The molecule has 0 spiro atoms. The molecule has 1 N–H and O–H groups in total. The van der Waals surface area contributed by atoms with Crippen molar-refractivity contribution in [3.63, 3.8) is 0 Å². The van der Waals surface area contributed by atoms with Gasteiger partial charge in [0.2, 0.25) is 5.91 Å². The number of nitrogens with one attached hydrogen (secondary N) is 1. The number of amides is 2. The summed E-state index contributed by atoms with van der Waals surface area (Å²) in [5, 5.41) is 2.66. The van der Waals surface area contributed by atoms with Crippen molar-refractivity contribution in [3.8, 4) is 11.5 Å². The van der Waals surface area contributed by atoms with Gasteiger partial charge in [0, 0.05) is 13.6 Å². The van der Waals surface area contributed by atoms with Crippen LogP contribution < -0.4 is 14.8 Å². The zero-order valence-corrected chi connectivity index (χ0v) is 18.7. The van der Waals surface area contributed by atoms with Gasteiger partial charge in [0.05, 0.1) is 7.11 Å². The second kappa shape index (κ2) is 10.7. The second-order valence-electron chi connectivity index (χ2n) is 7.41. The zero-order chi connectivity index (χ0) is 22.3. The lowest BCUT2D eigenvalue weighted by molar-refractivity contribution is -0.142. The van der Waals surface area contributed by atoms with Crippen molar-refractivity contribution in [2.45, 2.75) is 46.7 Å². The van der Waals surface area contributed by atoms with Crippen molar-refractivity contribution in [2.24, 2.45) is 0 Å². The molecule has 0 aliphatic carbocycles. The van der Waals surface area contributed by atoms with Gasteiger partial charge in [-0.3, -0.25) is 9.59 Å². The summed E-state index contributed by atoms with van der Waals surface area (Å²) in [7, 11) is 3.18. The van der Waals surface area contributed by atoms with Crippen LogP contribution in [0.2, 0.25) is 0 Å². The lowest BCUT2D eigenvalue weighted by Crippen LogP contribution is -2.49. The van der Waals surface area contributed by atoms with Gasteiger partial charge in [0.1, 0.15) is 17.5 Å². The van der Waals surface area contributed by atoms with Gasteiger partial charge in [0.25, 0.3) is 5.91 Å². The SMILES string of the molecule is CCC(C(=O)NC)N(Cc1cccc(OC)c1)C(=O)COc1cc(C)cc(C)c1C. The van der Waals surface area contributed by atoms with Crippen LogP contribution in [-0.2, 0) is 16.1 Å². The van der Waals surface area contributed by atoms with Crippen molar-refractivity contribution in [3.05, 3.63) is 58.7 Å². The predicted molar refractivity (Wildman–Crippen MR) is 118 cm³/mol. The van der Waals surface area contributed by atoms with Crippen LogP contribution in [0.15, 0.2) is 36.4 Å². The van der Waals surface area contributed by atoms with E-state index < -0.39 is 6.04 Å². The highest BCUT2D eigenvalue weighted by Gasteiger charge is 2.28. The van der Waals surface area contributed by atoms with Crippen LogP contribution in [0, 0.1) is 20.8 Å². The molecule has 0 radical (unpaired) electrons. The molecular formula is C24H32N2O4. The highest BCUT2D eigenvalue weighted by atomic mass is 16.5. The van der Waals surface area contributed by atoms with Gasteiger partial charge >= 0.3 is 0 Å². The Morgan fingerprint density at radius 1 is 1.13 bits per heavy atom. The third-order valence-electron chi connectivity index (χ3n) is 5.23. The smallest absolute Gasteiger partial charge is 0.261 e. The molecule has 2 rings (SSSR count). The van der Waals surface area contributed by atoms with E-state index in [4.69, 9.17) is 9.47 Å². The molecule has 1 unspecified atom stereocenters. The number of rotatable bonds is 9. The summed E-state index contributed by atoms with van der Waals surface area (Å²) >= 11 is 0. The summed E-state index contributed by atoms with van der Waals surface area (Å²) in [6, 6.07) is 10.9. The molecular weight excluding hydrogens is 380 g/mol. The van der Waals surface area contributed by atoms with E-state index in [9.17, 15) is 9.59 Å². The van der Waals surface area contributed by atoms with Crippen LogP contribution in [0.5, 0.6) is 11.5 Å². The Kier molecular flexibility index (Phi) is 8.27. The Morgan fingerprint density at radius 3 is 2.50 bits per heavy atom. The van der Waals surface area contributed by atoms with Gasteiger partial charge in [-0.1, -0.05) is 25.1 Å². The number of aryl methyl sites for hydroxylation is 2. The predicted octanol–water partition coefficient (Wildman–Crippen LogP) is 3.55. The Bertz CT molecular complexity index is 895. The fourth-order valence-electron chi connectivity index (χ4n) is 3.43. The van der Waals surface area contributed by atoms with Gasteiger partial charge in [-0.15, -0.1) is 0 Å². The first-order valence-electron chi connectivity index (χ1n) is 10.1. The van der Waals surface area contributed by atoms with Gasteiger partial charge in [-0.25, -0.2) is 0 Å². The minimum Gasteiger partial charge on any atom is -0.497 e. The quantitative estimate of drug-likeness (QED) is 0.684. The summed E-state index contributed by atoms with van der Waals surface area (Å²) in [6.45, 7) is 8.03. The van der Waals surface area contributed by atoms with Crippen molar-refractivity contribution in [2.75, 3.05) is 20.8 Å². The molecule has 162 valence electrons. The van der Waals surface area contributed by atoms with E-state index in [-0.39, 0.29) is 25.0 Å². The van der Waals surface area contributed by atoms with E-state index in [1.807, 2.05) is 58.0 Å². The van der Waals surface area contributed by atoms with Crippen molar-refractivity contribution in [1.29, 1.82) is 0 Å². The first kappa shape index (κ1) is 23.3. The number of carbonyl (C=O) groups excluding carboxylic acids is 2. The lowest BCUT2D eigenvalue weighted by atomic mass is 10.1. The monoisotopic (exact) mass is 412 g/mol. The summed E-state index contributed by atoms with van der Waals surface area (Å²) in [4.78, 5) is 27.2. The molecule has 0 fully saturated rings. The van der Waals surface area contributed by atoms with Crippen LogP contribution in [0.3, 0.4) is 0 Å². The van der Waals surface area contributed by atoms with Crippen LogP contribution in [0.25, 0.3) is 0 Å². The molecule has 0 saturated heterocycles. The molecule has 2 amide bonds. The number of methoxy groups -OCH3 is 1. The van der Waals surface area contributed by atoms with E-state index in [1.54, 1.807) is 19.1 Å². The number of hydrogen-bond acceptors (Lipinski definition) is 4. The van der Waals surface area contributed by atoms with Crippen molar-refractivity contribution >= 4 is 11.8 Å². The number of hydrogen-bond donors (Lipinski definition) is 1. The highest BCUT2D eigenvalue weighted by Crippen LogP contribution is 2.24. The Hall–Kier alpha value is -3.02. The summed E-state index contributed by atoms with van der Waals surface area (Å²) < 4.78 is 11.2. The average Bonchev–Trinajstić information content (AvgIpc) is 2.74. The number of ether oxygens (including phenoxy) is 2. The van der Waals surface area contributed by atoms with Gasteiger partial charge in [-0.2, -0.15) is 0 Å². The number of benzene rings is 2. The highest BCUT2D eigenvalue weighted by molar-refractivity contribution is 5.88. The van der Waals surface area contributed by atoms with E-state index in [2.05, 4.69) is 11.4 Å². The maximum absolute atomic E-state index is 13.2. The topological polar surface area (TPSA) is 67.9 Å². The minimum atomic E-state index is -0.586. The Labute approximate surface area is 179 Å². The van der Waals surface area contributed by atoms with E-state index in [0.29, 0.717) is 17.9 Å². The molecule has 0 saturated carbocycles. The number of likely N-dealkylation sites (N-methyl/N-ethyl adjacent to an activating group) is 1. The van der Waals surface area contributed by atoms with Crippen LogP contribution in [0.1, 0.15) is 35.6 Å². The summed E-state index contributed by atoms with van der Waals surface area (Å²) in [5.74, 6) is 0.952. The second-order valence-corrected chi connectivity index (χ2v) is 7.41. The fourth-order valence-corrected chi connectivity index (χ4v) is 3.43. The fraction of sp³-hybridized carbons (Fsp3) is 0.417. The van der Waals surface area contributed by atoms with E-state index >= 15 is 0 Å².